The van der Waals surface area contributed by atoms with Gasteiger partial charge in [-0.25, -0.2) is 4.98 Å². The van der Waals surface area contributed by atoms with Crippen molar-refractivity contribution in [3.8, 4) is 0 Å². The molecule has 3 aromatic rings. The quantitative estimate of drug-likeness (QED) is 0.569. The van der Waals surface area contributed by atoms with Crippen molar-refractivity contribution in [3.63, 3.8) is 0 Å². The van der Waals surface area contributed by atoms with E-state index < -0.39 is 5.66 Å². The van der Waals surface area contributed by atoms with E-state index in [2.05, 4.69) is 10.3 Å². The van der Waals surface area contributed by atoms with Crippen LogP contribution in [0.4, 0.5) is 5.69 Å². The Bertz CT molecular complexity index is 1180. The van der Waals surface area contributed by atoms with Crippen molar-refractivity contribution in [2.45, 2.75) is 38.0 Å². The van der Waals surface area contributed by atoms with Gasteiger partial charge in [-0.3, -0.25) is 19.3 Å². The molecule has 1 atom stereocenters. The summed E-state index contributed by atoms with van der Waals surface area (Å²) in [5, 5.41) is 3.00. The molecule has 8 heteroatoms. The maximum atomic E-state index is 13.7. The number of hydrogen-bond donors (Lipinski definition) is 1. The molecule has 2 aromatic carbocycles. The zero-order valence-electron chi connectivity index (χ0n) is 18.2. The highest BCUT2D eigenvalue weighted by Gasteiger charge is 2.60. The molecule has 1 fully saturated rings. The van der Waals surface area contributed by atoms with E-state index in [4.69, 9.17) is 0 Å². The minimum Gasteiger partial charge on any atom is -0.352 e. The van der Waals surface area contributed by atoms with Crippen LogP contribution in [-0.2, 0) is 22.7 Å². The van der Waals surface area contributed by atoms with Gasteiger partial charge < -0.3 is 14.8 Å². The Labute approximate surface area is 191 Å². The molecule has 5 rings (SSSR count). The van der Waals surface area contributed by atoms with Crippen LogP contribution in [-0.4, -0.2) is 44.4 Å². The van der Waals surface area contributed by atoms with Gasteiger partial charge in [0.25, 0.3) is 11.8 Å². The molecule has 3 amide bonds. The van der Waals surface area contributed by atoms with Crippen LogP contribution in [0.1, 0.15) is 35.2 Å². The van der Waals surface area contributed by atoms with Gasteiger partial charge in [-0.1, -0.05) is 42.5 Å². The molecule has 0 saturated carbocycles. The van der Waals surface area contributed by atoms with Gasteiger partial charge >= 0.3 is 0 Å². The molecular weight excluding hydrogens is 418 g/mol. The summed E-state index contributed by atoms with van der Waals surface area (Å²) in [7, 11) is 0. The molecule has 0 radical (unpaired) electrons. The third-order valence-electron chi connectivity index (χ3n) is 6.36. The number of nitrogens with one attached hydrogen (secondary N) is 1. The van der Waals surface area contributed by atoms with Crippen molar-refractivity contribution in [1.29, 1.82) is 0 Å². The first-order valence-electron chi connectivity index (χ1n) is 11.1. The standard InChI is InChI=1S/C25H25N5O3/c31-22-11-12-25(24(33)27-13-6-15-28-16-14-26-18-28)29(17-19-7-2-1-3-8-19)23(32)20-9-4-5-10-21(20)30(22)25/h1-5,7-10,14,16,18H,6,11-13,15,17H2,(H,27,33). The number of hydrogen-bond acceptors (Lipinski definition) is 4. The molecule has 0 spiro atoms. The second kappa shape index (κ2) is 8.54. The van der Waals surface area contributed by atoms with Crippen molar-refractivity contribution >= 4 is 23.4 Å². The van der Waals surface area contributed by atoms with Crippen LogP contribution in [0.15, 0.2) is 73.3 Å². The third kappa shape index (κ3) is 3.57. The van der Waals surface area contributed by atoms with Gasteiger partial charge in [0.2, 0.25) is 11.6 Å². The van der Waals surface area contributed by atoms with E-state index in [0.717, 1.165) is 5.56 Å². The Morgan fingerprint density at radius 1 is 1.06 bits per heavy atom. The highest BCUT2D eigenvalue weighted by atomic mass is 16.2. The molecular formula is C25H25N5O3. The van der Waals surface area contributed by atoms with E-state index in [9.17, 15) is 14.4 Å². The molecule has 3 heterocycles. The fourth-order valence-corrected chi connectivity index (χ4v) is 4.79. The first kappa shape index (κ1) is 20.9. The number of carbonyl (C=O) groups is 3. The number of rotatable bonds is 7. The number of fused-ring (bicyclic) bond motifs is 3. The first-order chi connectivity index (χ1) is 16.1. The number of imidazole rings is 1. The smallest absolute Gasteiger partial charge is 0.267 e. The largest absolute Gasteiger partial charge is 0.352 e. The molecule has 0 bridgehead atoms. The topological polar surface area (TPSA) is 87.5 Å². The highest BCUT2D eigenvalue weighted by Crippen LogP contribution is 2.45. The number of nitrogens with zero attached hydrogens (tertiary/aromatic N) is 4. The van der Waals surface area contributed by atoms with Crippen LogP contribution >= 0.6 is 0 Å². The Kier molecular flexibility index (Phi) is 5.42. The first-order valence-corrected chi connectivity index (χ1v) is 11.1. The number of aromatic nitrogens is 2. The Morgan fingerprint density at radius 2 is 1.85 bits per heavy atom. The number of aryl methyl sites for hydroxylation is 1. The molecule has 1 saturated heterocycles. The fourth-order valence-electron chi connectivity index (χ4n) is 4.79. The molecule has 1 aromatic heterocycles. The summed E-state index contributed by atoms with van der Waals surface area (Å²) in [5.41, 5.74) is 0.458. The molecule has 8 nitrogen and oxygen atoms in total. The van der Waals surface area contributed by atoms with Gasteiger partial charge in [0.15, 0.2) is 0 Å². The van der Waals surface area contributed by atoms with Crippen LogP contribution in [0.5, 0.6) is 0 Å². The third-order valence-corrected chi connectivity index (χ3v) is 6.36. The summed E-state index contributed by atoms with van der Waals surface area (Å²) in [6.45, 7) is 1.38. The van der Waals surface area contributed by atoms with Gasteiger partial charge in [-0.15, -0.1) is 0 Å². The lowest BCUT2D eigenvalue weighted by Gasteiger charge is -2.49. The Balaban J connectivity index is 1.48. The summed E-state index contributed by atoms with van der Waals surface area (Å²) in [5.74, 6) is -0.715. The zero-order valence-corrected chi connectivity index (χ0v) is 18.2. The minimum absolute atomic E-state index is 0.151. The summed E-state index contributed by atoms with van der Waals surface area (Å²) in [6.07, 6.45) is 6.48. The summed E-state index contributed by atoms with van der Waals surface area (Å²) in [6, 6.07) is 16.6. The van der Waals surface area contributed by atoms with Crippen molar-refractivity contribution in [1.82, 2.24) is 19.8 Å². The van der Waals surface area contributed by atoms with E-state index in [0.29, 0.717) is 30.8 Å². The lowest BCUT2D eigenvalue weighted by molar-refractivity contribution is -0.134. The van der Waals surface area contributed by atoms with E-state index >= 15 is 0 Å². The SMILES string of the molecule is O=C1c2ccccc2N2C(=O)CCC2(C(=O)NCCCn2ccnc2)N1Cc1ccccc1. The number of para-hydroxylation sites is 1. The average molecular weight is 444 g/mol. The monoisotopic (exact) mass is 443 g/mol. The van der Waals surface area contributed by atoms with Crippen LogP contribution in [0.2, 0.25) is 0 Å². The number of anilines is 1. The van der Waals surface area contributed by atoms with Gasteiger partial charge in [-0.2, -0.15) is 0 Å². The van der Waals surface area contributed by atoms with Crippen LogP contribution in [0, 0.1) is 0 Å². The number of carbonyl (C=O) groups excluding carboxylic acids is 3. The summed E-state index contributed by atoms with van der Waals surface area (Å²) >= 11 is 0. The van der Waals surface area contributed by atoms with Gasteiger partial charge in [0.05, 0.1) is 17.6 Å². The molecule has 2 aliphatic rings. The van der Waals surface area contributed by atoms with Crippen molar-refractivity contribution in [3.05, 3.63) is 84.4 Å². The minimum atomic E-state index is -1.38. The predicted molar refractivity (Wildman–Crippen MR) is 122 cm³/mol. The normalized spacial score (nSPS) is 19.4. The lowest BCUT2D eigenvalue weighted by atomic mass is 9.94. The fraction of sp³-hybridized carbons (Fsp3) is 0.280. The van der Waals surface area contributed by atoms with Crippen LogP contribution in [0.3, 0.4) is 0 Å². The van der Waals surface area contributed by atoms with Crippen molar-refractivity contribution < 1.29 is 14.4 Å². The maximum Gasteiger partial charge on any atom is 0.267 e. The lowest BCUT2D eigenvalue weighted by Crippen LogP contribution is -2.70. The van der Waals surface area contributed by atoms with Crippen molar-refractivity contribution in [2.24, 2.45) is 0 Å². The predicted octanol–water partition coefficient (Wildman–Crippen LogP) is 2.57. The number of benzene rings is 2. The Morgan fingerprint density at radius 3 is 2.64 bits per heavy atom. The molecule has 33 heavy (non-hydrogen) atoms. The van der Waals surface area contributed by atoms with Gasteiger partial charge in [0.1, 0.15) is 0 Å². The average Bonchev–Trinajstić information content (AvgIpc) is 3.48. The molecule has 2 aliphatic heterocycles. The summed E-state index contributed by atoms with van der Waals surface area (Å²) < 4.78 is 1.94. The van der Waals surface area contributed by atoms with E-state index in [1.165, 1.54) is 4.90 Å². The molecule has 168 valence electrons. The molecule has 1 N–H and O–H groups in total. The molecule has 1 unspecified atom stereocenters. The summed E-state index contributed by atoms with van der Waals surface area (Å²) in [4.78, 5) is 47.6. The number of amides is 3. The van der Waals surface area contributed by atoms with E-state index in [1.807, 2.05) is 41.1 Å². The van der Waals surface area contributed by atoms with E-state index in [1.54, 1.807) is 41.7 Å². The zero-order chi connectivity index (χ0) is 22.8. The van der Waals surface area contributed by atoms with Gasteiger partial charge in [0, 0.05) is 44.9 Å². The highest BCUT2D eigenvalue weighted by molar-refractivity contribution is 6.16. The second-order valence-electron chi connectivity index (χ2n) is 8.35. The second-order valence-corrected chi connectivity index (χ2v) is 8.35. The van der Waals surface area contributed by atoms with Gasteiger partial charge in [-0.05, 0) is 24.1 Å². The van der Waals surface area contributed by atoms with Crippen LogP contribution < -0.4 is 10.2 Å². The van der Waals surface area contributed by atoms with E-state index in [-0.39, 0.29) is 37.1 Å². The van der Waals surface area contributed by atoms with Crippen molar-refractivity contribution in [2.75, 3.05) is 11.4 Å². The Hall–Kier alpha value is -3.94. The maximum absolute atomic E-state index is 13.7. The van der Waals surface area contributed by atoms with Crippen LogP contribution in [0.25, 0.3) is 0 Å². The molecule has 0 aliphatic carbocycles.